The lowest BCUT2D eigenvalue weighted by Crippen LogP contribution is -2.36. The monoisotopic (exact) mass is 222 g/mol. The van der Waals surface area contributed by atoms with E-state index >= 15 is 0 Å². The first-order chi connectivity index (χ1) is 6.16. The average molecular weight is 222 g/mol. The SMILES string of the molecule is CCNC(=S)NCCSCC(=O)O. The molecule has 4 nitrogen and oxygen atoms in total. The Morgan fingerprint density at radius 3 is 2.77 bits per heavy atom. The summed E-state index contributed by atoms with van der Waals surface area (Å²) < 4.78 is 0. The number of carbonyl (C=O) groups is 1. The van der Waals surface area contributed by atoms with Crippen LogP contribution in [-0.2, 0) is 4.79 Å². The number of carboxylic acids is 1. The summed E-state index contributed by atoms with van der Waals surface area (Å²) in [5, 5.41) is 14.9. The molecule has 0 aromatic carbocycles. The molecule has 0 heterocycles. The van der Waals surface area contributed by atoms with Gasteiger partial charge >= 0.3 is 5.97 Å². The molecule has 0 fully saturated rings. The van der Waals surface area contributed by atoms with Crippen LogP contribution in [0.25, 0.3) is 0 Å². The lowest BCUT2D eigenvalue weighted by atomic mass is 10.7. The summed E-state index contributed by atoms with van der Waals surface area (Å²) in [6, 6.07) is 0. The number of carboxylic acid groups (broad SMARTS) is 1. The number of thiocarbonyl (C=S) groups is 1. The van der Waals surface area contributed by atoms with Crippen molar-refractivity contribution in [3.05, 3.63) is 0 Å². The van der Waals surface area contributed by atoms with Crippen LogP contribution in [0.1, 0.15) is 6.92 Å². The fourth-order valence-corrected chi connectivity index (χ4v) is 1.43. The Bertz CT molecular complexity index is 176. The molecule has 0 radical (unpaired) electrons. The van der Waals surface area contributed by atoms with Crippen molar-refractivity contribution in [1.29, 1.82) is 0 Å². The first kappa shape index (κ1) is 12.5. The molecule has 0 saturated heterocycles. The summed E-state index contributed by atoms with van der Waals surface area (Å²) in [4.78, 5) is 10.1. The molecule has 0 amide bonds. The molecule has 0 rings (SSSR count). The third kappa shape index (κ3) is 9.42. The average Bonchev–Trinajstić information content (AvgIpc) is 2.03. The highest BCUT2D eigenvalue weighted by atomic mass is 32.2. The fourth-order valence-electron chi connectivity index (χ4n) is 0.619. The lowest BCUT2D eigenvalue weighted by molar-refractivity contribution is -0.133. The zero-order valence-corrected chi connectivity index (χ0v) is 9.13. The molecule has 13 heavy (non-hydrogen) atoms. The minimum atomic E-state index is -0.778. The van der Waals surface area contributed by atoms with E-state index in [1.807, 2.05) is 6.92 Å². The van der Waals surface area contributed by atoms with Crippen LogP contribution >= 0.6 is 24.0 Å². The normalized spacial score (nSPS) is 9.31. The highest BCUT2D eigenvalue weighted by molar-refractivity contribution is 7.99. The number of hydrogen-bond donors (Lipinski definition) is 3. The quantitative estimate of drug-likeness (QED) is 0.443. The van der Waals surface area contributed by atoms with E-state index in [-0.39, 0.29) is 5.75 Å². The summed E-state index contributed by atoms with van der Waals surface area (Å²) in [6.45, 7) is 3.46. The molecule has 0 atom stereocenters. The van der Waals surface area contributed by atoms with Gasteiger partial charge in [0, 0.05) is 18.8 Å². The van der Waals surface area contributed by atoms with Gasteiger partial charge in [0.1, 0.15) is 0 Å². The van der Waals surface area contributed by atoms with Gasteiger partial charge in [0.2, 0.25) is 0 Å². The number of rotatable bonds is 6. The molecule has 76 valence electrons. The second-order valence-electron chi connectivity index (χ2n) is 2.23. The third-order valence-electron chi connectivity index (χ3n) is 1.09. The van der Waals surface area contributed by atoms with Crippen LogP contribution in [0.3, 0.4) is 0 Å². The van der Waals surface area contributed by atoms with Gasteiger partial charge in [-0.3, -0.25) is 4.79 Å². The Morgan fingerprint density at radius 1 is 1.54 bits per heavy atom. The Morgan fingerprint density at radius 2 is 2.23 bits per heavy atom. The summed E-state index contributed by atoms with van der Waals surface area (Å²) in [5.41, 5.74) is 0. The van der Waals surface area contributed by atoms with E-state index in [4.69, 9.17) is 17.3 Å². The van der Waals surface area contributed by atoms with Crippen molar-refractivity contribution >= 4 is 35.1 Å². The van der Waals surface area contributed by atoms with Gasteiger partial charge < -0.3 is 15.7 Å². The summed E-state index contributed by atoms with van der Waals surface area (Å²) in [6.07, 6.45) is 0. The standard InChI is InChI=1S/C7H14N2O2S2/c1-2-8-7(12)9-3-4-13-5-6(10)11/h2-5H2,1H3,(H,10,11)(H2,8,9,12). The van der Waals surface area contributed by atoms with E-state index in [9.17, 15) is 4.79 Å². The van der Waals surface area contributed by atoms with Gasteiger partial charge in [-0.25, -0.2) is 0 Å². The molecule has 0 aliphatic rings. The maximum atomic E-state index is 10.1. The summed E-state index contributed by atoms with van der Waals surface area (Å²) >= 11 is 6.28. The molecule has 0 aromatic rings. The Hall–Kier alpha value is -0.490. The Labute approximate surface area is 87.5 Å². The highest BCUT2D eigenvalue weighted by Crippen LogP contribution is 1.96. The zero-order chi connectivity index (χ0) is 10.1. The molecule has 0 saturated carbocycles. The predicted molar refractivity (Wildman–Crippen MR) is 59.2 cm³/mol. The highest BCUT2D eigenvalue weighted by Gasteiger charge is 1.96. The molecule has 0 aliphatic heterocycles. The van der Waals surface area contributed by atoms with Crippen molar-refractivity contribution in [3.8, 4) is 0 Å². The van der Waals surface area contributed by atoms with E-state index in [2.05, 4.69) is 10.6 Å². The van der Waals surface area contributed by atoms with Crippen LogP contribution in [-0.4, -0.2) is 40.8 Å². The first-order valence-corrected chi connectivity index (χ1v) is 5.54. The van der Waals surface area contributed by atoms with Crippen molar-refractivity contribution in [3.63, 3.8) is 0 Å². The number of hydrogen-bond acceptors (Lipinski definition) is 3. The van der Waals surface area contributed by atoms with Crippen molar-refractivity contribution in [1.82, 2.24) is 10.6 Å². The van der Waals surface area contributed by atoms with Gasteiger partial charge in [-0.15, -0.1) is 11.8 Å². The van der Waals surface area contributed by atoms with Crippen molar-refractivity contribution in [2.75, 3.05) is 24.6 Å². The lowest BCUT2D eigenvalue weighted by Gasteiger charge is -2.07. The molecule has 0 spiro atoms. The zero-order valence-electron chi connectivity index (χ0n) is 7.50. The molecule has 6 heteroatoms. The second-order valence-corrected chi connectivity index (χ2v) is 3.75. The molecule has 3 N–H and O–H groups in total. The topological polar surface area (TPSA) is 61.4 Å². The minimum absolute atomic E-state index is 0.148. The van der Waals surface area contributed by atoms with Gasteiger partial charge in [0.05, 0.1) is 5.75 Å². The fraction of sp³-hybridized carbons (Fsp3) is 0.714. The molecule has 0 bridgehead atoms. The van der Waals surface area contributed by atoms with E-state index in [0.717, 1.165) is 12.3 Å². The van der Waals surface area contributed by atoms with Crippen LogP contribution in [0.5, 0.6) is 0 Å². The van der Waals surface area contributed by atoms with Gasteiger partial charge in [-0.1, -0.05) is 0 Å². The number of thioether (sulfide) groups is 1. The van der Waals surface area contributed by atoms with E-state index < -0.39 is 5.97 Å². The summed E-state index contributed by atoms with van der Waals surface area (Å²) in [7, 11) is 0. The smallest absolute Gasteiger partial charge is 0.313 e. The maximum Gasteiger partial charge on any atom is 0.313 e. The van der Waals surface area contributed by atoms with Gasteiger partial charge in [0.15, 0.2) is 5.11 Å². The minimum Gasteiger partial charge on any atom is -0.481 e. The second kappa shape index (κ2) is 8.12. The number of aliphatic carboxylic acids is 1. The van der Waals surface area contributed by atoms with Gasteiger partial charge in [-0.05, 0) is 19.1 Å². The first-order valence-electron chi connectivity index (χ1n) is 3.98. The van der Waals surface area contributed by atoms with E-state index in [0.29, 0.717) is 11.7 Å². The van der Waals surface area contributed by atoms with Crippen molar-refractivity contribution in [2.24, 2.45) is 0 Å². The van der Waals surface area contributed by atoms with Crippen molar-refractivity contribution < 1.29 is 9.90 Å². The third-order valence-corrected chi connectivity index (χ3v) is 2.33. The summed E-state index contributed by atoms with van der Waals surface area (Å²) in [5.74, 6) is 0.118. The van der Waals surface area contributed by atoms with Gasteiger partial charge in [0.25, 0.3) is 0 Å². The molecular formula is C7H14N2O2S2. The van der Waals surface area contributed by atoms with Crippen LogP contribution < -0.4 is 10.6 Å². The van der Waals surface area contributed by atoms with Crippen LogP contribution in [0.2, 0.25) is 0 Å². The predicted octanol–water partition coefficient (Wildman–Crippen LogP) is 0.288. The molecule has 0 aromatic heterocycles. The van der Waals surface area contributed by atoms with E-state index in [1.54, 1.807) is 0 Å². The van der Waals surface area contributed by atoms with Crippen LogP contribution in [0.15, 0.2) is 0 Å². The molecule has 0 unspecified atom stereocenters. The van der Waals surface area contributed by atoms with Crippen LogP contribution in [0, 0.1) is 0 Å². The Kier molecular flexibility index (Phi) is 7.82. The maximum absolute atomic E-state index is 10.1. The Balaban J connectivity index is 3.16. The largest absolute Gasteiger partial charge is 0.481 e. The van der Waals surface area contributed by atoms with Crippen molar-refractivity contribution in [2.45, 2.75) is 6.92 Å². The number of nitrogens with one attached hydrogen (secondary N) is 2. The van der Waals surface area contributed by atoms with Crippen LogP contribution in [0.4, 0.5) is 0 Å². The van der Waals surface area contributed by atoms with Gasteiger partial charge in [-0.2, -0.15) is 0 Å². The molecular weight excluding hydrogens is 208 g/mol. The molecule has 0 aliphatic carbocycles. The van der Waals surface area contributed by atoms with E-state index in [1.165, 1.54) is 11.8 Å².